The number of hydrogen-bond donors (Lipinski definition) is 1. The summed E-state index contributed by atoms with van der Waals surface area (Å²) in [4.78, 5) is 2.29. The SMILES string of the molecule is OC1(C2CCSCC2)c2ccccc2Sc2ccc(Cl)cc21. The maximum atomic E-state index is 11.8. The highest BCUT2D eigenvalue weighted by Crippen LogP contribution is 2.54. The summed E-state index contributed by atoms with van der Waals surface area (Å²) in [5.74, 6) is 2.50. The van der Waals surface area contributed by atoms with Gasteiger partial charge in [-0.05, 0) is 54.5 Å². The Kier molecular flexibility index (Phi) is 3.93. The van der Waals surface area contributed by atoms with Gasteiger partial charge in [0.05, 0.1) is 0 Å². The van der Waals surface area contributed by atoms with Crippen molar-refractivity contribution in [2.24, 2.45) is 5.92 Å². The minimum atomic E-state index is -0.914. The molecule has 114 valence electrons. The molecule has 0 radical (unpaired) electrons. The lowest BCUT2D eigenvalue weighted by molar-refractivity contribution is 0.00635. The molecule has 2 aromatic rings. The summed E-state index contributed by atoms with van der Waals surface area (Å²) < 4.78 is 0. The molecule has 0 saturated carbocycles. The molecular formula is C18H17ClOS2. The van der Waals surface area contributed by atoms with Crippen LogP contribution < -0.4 is 0 Å². The lowest BCUT2D eigenvalue weighted by atomic mass is 9.73. The maximum Gasteiger partial charge on any atom is 0.120 e. The van der Waals surface area contributed by atoms with Crippen LogP contribution in [-0.2, 0) is 5.60 Å². The summed E-state index contributed by atoms with van der Waals surface area (Å²) >= 11 is 9.96. The van der Waals surface area contributed by atoms with Crippen LogP contribution in [0.15, 0.2) is 52.3 Å². The number of halogens is 1. The molecule has 0 aliphatic carbocycles. The molecule has 2 aliphatic heterocycles. The van der Waals surface area contributed by atoms with E-state index in [1.807, 2.05) is 42.1 Å². The fourth-order valence-corrected chi connectivity index (χ4v) is 6.03. The second-order valence-corrected chi connectivity index (χ2v) is 8.64. The van der Waals surface area contributed by atoms with Crippen molar-refractivity contribution in [1.29, 1.82) is 0 Å². The van der Waals surface area contributed by atoms with Gasteiger partial charge in [-0.25, -0.2) is 0 Å². The van der Waals surface area contributed by atoms with Gasteiger partial charge in [0.15, 0.2) is 0 Å². The molecule has 1 nitrogen and oxygen atoms in total. The average molecular weight is 349 g/mol. The zero-order chi connectivity index (χ0) is 15.2. The van der Waals surface area contributed by atoms with Gasteiger partial charge in [-0.3, -0.25) is 0 Å². The van der Waals surface area contributed by atoms with Crippen molar-refractivity contribution in [3.05, 3.63) is 58.6 Å². The Hall–Kier alpha value is -0.610. The van der Waals surface area contributed by atoms with Crippen molar-refractivity contribution < 1.29 is 5.11 Å². The average Bonchev–Trinajstić information content (AvgIpc) is 2.57. The first kappa shape index (κ1) is 14.9. The topological polar surface area (TPSA) is 20.2 Å². The van der Waals surface area contributed by atoms with Crippen LogP contribution >= 0.6 is 35.1 Å². The lowest BCUT2D eigenvalue weighted by Crippen LogP contribution is -2.40. The van der Waals surface area contributed by atoms with Gasteiger partial charge in [-0.15, -0.1) is 0 Å². The van der Waals surface area contributed by atoms with Crippen molar-refractivity contribution >= 4 is 35.1 Å². The third-order valence-corrected chi connectivity index (χ3v) is 7.12. The van der Waals surface area contributed by atoms with Crippen LogP contribution in [0.25, 0.3) is 0 Å². The van der Waals surface area contributed by atoms with E-state index < -0.39 is 5.60 Å². The van der Waals surface area contributed by atoms with Crippen molar-refractivity contribution in [2.75, 3.05) is 11.5 Å². The molecule has 0 spiro atoms. The first-order valence-corrected chi connectivity index (χ1v) is 9.92. The molecule has 1 fully saturated rings. The zero-order valence-electron chi connectivity index (χ0n) is 12.1. The molecule has 2 aliphatic rings. The van der Waals surface area contributed by atoms with Crippen LogP contribution in [0, 0.1) is 5.92 Å². The summed E-state index contributed by atoms with van der Waals surface area (Å²) in [6, 6.07) is 14.2. The predicted octanol–water partition coefficient (Wildman–Crippen LogP) is 5.18. The van der Waals surface area contributed by atoms with E-state index in [9.17, 15) is 5.11 Å². The van der Waals surface area contributed by atoms with E-state index in [-0.39, 0.29) is 5.92 Å². The Balaban J connectivity index is 1.93. The van der Waals surface area contributed by atoms with E-state index in [2.05, 4.69) is 12.1 Å². The molecule has 0 amide bonds. The molecule has 4 heteroatoms. The molecule has 0 aromatic heterocycles. The van der Waals surface area contributed by atoms with Crippen LogP contribution in [-0.4, -0.2) is 16.6 Å². The minimum absolute atomic E-state index is 0.257. The van der Waals surface area contributed by atoms with Gasteiger partial charge in [0.2, 0.25) is 0 Å². The molecular weight excluding hydrogens is 332 g/mol. The Morgan fingerprint density at radius 1 is 1.00 bits per heavy atom. The van der Waals surface area contributed by atoms with Crippen molar-refractivity contribution in [3.8, 4) is 0 Å². The standard InChI is InChI=1S/C18H17ClOS2/c19-13-5-6-17-15(11-13)18(20,12-7-9-21-10-8-12)14-3-1-2-4-16(14)22-17/h1-6,11-12,20H,7-10H2. The van der Waals surface area contributed by atoms with Gasteiger partial charge >= 0.3 is 0 Å². The van der Waals surface area contributed by atoms with E-state index >= 15 is 0 Å². The van der Waals surface area contributed by atoms with Crippen LogP contribution in [0.1, 0.15) is 24.0 Å². The molecule has 0 bridgehead atoms. The van der Waals surface area contributed by atoms with Crippen molar-refractivity contribution in [3.63, 3.8) is 0 Å². The molecule has 1 atom stereocenters. The third kappa shape index (κ3) is 2.30. The molecule has 2 aromatic carbocycles. The van der Waals surface area contributed by atoms with Crippen molar-refractivity contribution in [2.45, 2.75) is 28.2 Å². The summed E-state index contributed by atoms with van der Waals surface area (Å²) in [6.07, 6.45) is 2.10. The van der Waals surface area contributed by atoms with E-state index in [0.29, 0.717) is 5.02 Å². The Bertz CT molecular complexity index is 712. The highest BCUT2D eigenvalue weighted by atomic mass is 35.5. The minimum Gasteiger partial charge on any atom is -0.380 e. The Morgan fingerprint density at radius 3 is 2.55 bits per heavy atom. The zero-order valence-corrected chi connectivity index (χ0v) is 14.5. The first-order chi connectivity index (χ1) is 10.7. The molecule has 4 rings (SSSR count). The molecule has 1 N–H and O–H groups in total. The van der Waals surface area contributed by atoms with E-state index in [1.165, 1.54) is 0 Å². The monoisotopic (exact) mass is 348 g/mol. The summed E-state index contributed by atoms with van der Waals surface area (Å²) in [7, 11) is 0. The number of rotatable bonds is 1. The molecule has 22 heavy (non-hydrogen) atoms. The van der Waals surface area contributed by atoms with E-state index in [0.717, 1.165) is 45.3 Å². The largest absolute Gasteiger partial charge is 0.380 e. The first-order valence-electron chi connectivity index (χ1n) is 7.57. The smallest absolute Gasteiger partial charge is 0.120 e. The summed E-state index contributed by atoms with van der Waals surface area (Å²) in [6.45, 7) is 0. The van der Waals surface area contributed by atoms with Gasteiger partial charge in [0, 0.05) is 25.9 Å². The summed E-state index contributed by atoms with van der Waals surface area (Å²) in [5.41, 5.74) is 1.12. The van der Waals surface area contributed by atoms with Gasteiger partial charge in [-0.2, -0.15) is 11.8 Å². The highest BCUT2D eigenvalue weighted by Gasteiger charge is 2.45. The van der Waals surface area contributed by atoms with Crippen LogP contribution in [0.4, 0.5) is 0 Å². The Labute approximate surface area is 144 Å². The van der Waals surface area contributed by atoms with Crippen LogP contribution in [0.5, 0.6) is 0 Å². The normalized spacial score (nSPS) is 24.6. The maximum absolute atomic E-state index is 11.8. The van der Waals surface area contributed by atoms with Gasteiger partial charge in [-0.1, -0.05) is 41.6 Å². The fraction of sp³-hybridized carbons (Fsp3) is 0.333. The summed E-state index contributed by atoms with van der Waals surface area (Å²) in [5, 5.41) is 12.5. The fourth-order valence-electron chi connectivity index (χ4n) is 3.58. The number of hydrogen-bond acceptors (Lipinski definition) is 3. The molecule has 2 heterocycles. The third-order valence-electron chi connectivity index (χ3n) is 4.68. The quantitative estimate of drug-likeness (QED) is 0.766. The van der Waals surface area contributed by atoms with E-state index in [1.54, 1.807) is 11.8 Å². The Morgan fingerprint density at radius 2 is 1.73 bits per heavy atom. The number of benzene rings is 2. The highest BCUT2D eigenvalue weighted by molar-refractivity contribution is 7.99. The van der Waals surface area contributed by atoms with Gasteiger partial charge in [0.1, 0.15) is 5.60 Å². The number of thioether (sulfide) groups is 1. The molecule has 1 saturated heterocycles. The van der Waals surface area contributed by atoms with E-state index in [4.69, 9.17) is 11.6 Å². The number of aliphatic hydroxyl groups is 1. The molecule has 1 unspecified atom stereocenters. The van der Waals surface area contributed by atoms with Gasteiger partial charge < -0.3 is 5.11 Å². The second-order valence-electron chi connectivity index (χ2n) is 5.89. The lowest BCUT2D eigenvalue weighted by Gasteiger charge is -2.43. The van der Waals surface area contributed by atoms with Crippen LogP contribution in [0.3, 0.4) is 0 Å². The predicted molar refractivity (Wildman–Crippen MR) is 95.1 cm³/mol. The number of fused-ring (bicyclic) bond motifs is 2. The van der Waals surface area contributed by atoms with Crippen LogP contribution in [0.2, 0.25) is 5.02 Å². The van der Waals surface area contributed by atoms with Gasteiger partial charge in [0.25, 0.3) is 0 Å². The van der Waals surface area contributed by atoms with Crippen molar-refractivity contribution in [1.82, 2.24) is 0 Å². The second kappa shape index (κ2) is 5.79.